The molecule has 0 aliphatic carbocycles. The highest BCUT2D eigenvalue weighted by atomic mass is 79.9. The van der Waals surface area contributed by atoms with Gasteiger partial charge < -0.3 is 0 Å². The van der Waals surface area contributed by atoms with Crippen molar-refractivity contribution in [3.63, 3.8) is 0 Å². The lowest BCUT2D eigenvalue weighted by atomic mass is 9.90. The maximum Gasteiger partial charge on any atom is 0.184 e. The predicted molar refractivity (Wildman–Crippen MR) is 85.7 cm³/mol. The average molecular weight is 393 g/mol. The van der Waals surface area contributed by atoms with Crippen molar-refractivity contribution in [3.8, 4) is 6.07 Å². The SMILES string of the molecule is Cc1c(Br)cccc1C(=O)C(C#N)c1ccc(Br)cc1. The average Bonchev–Trinajstić information content (AvgIpc) is 2.44. The highest BCUT2D eigenvalue weighted by Gasteiger charge is 2.23. The van der Waals surface area contributed by atoms with E-state index in [1.165, 1.54) is 0 Å². The molecule has 0 fully saturated rings. The van der Waals surface area contributed by atoms with Crippen molar-refractivity contribution in [1.82, 2.24) is 0 Å². The lowest BCUT2D eigenvalue weighted by Crippen LogP contribution is -2.12. The molecular weight excluding hydrogens is 382 g/mol. The number of halogens is 2. The Morgan fingerprint density at radius 2 is 1.80 bits per heavy atom. The van der Waals surface area contributed by atoms with Crippen molar-refractivity contribution in [2.24, 2.45) is 0 Å². The molecule has 4 heteroatoms. The molecule has 2 rings (SSSR count). The van der Waals surface area contributed by atoms with E-state index in [-0.39, 0.29) is 5.78 Å². The van der Waals surface area contributed by atoms with Gasteiger partial charge in [0, 0.05) is 14.5 Å². The van der Waals surface area contributed by atoms with Crippen LogP contribution in [0.5, 0.6) is 0 Å². The molecule has 0 N–H and O–H groups in total. The van der Waals surface area contributed by atoms with Gasteiger partial charge in [0.1, 0.15) is 5.92 Å². The Labute approximate surface area is 134 Å². The van der Waals surface area contributed by atoms with Gasteiger partial charge in [-0.25, -0.2) is 0 Å². The van der Waals surface area contributed by atoms with Crippen LogP contribution in [0.15, 0.2) is 51.4 Å². The van der Waals surface area contributed by atoms with Crippen LogP contribution in [0.25, 0.3) is 0 Å². The fourth-order valence-corrected chi connectivity index (χ4v) is 2.60. The van der Waals surface area contributed by atoms with Crippen LogP contribution in [-0.2, 0) is 0 Å². The number of carbonyl (C=O) groups excluding carboxylic acids is 1. The number of carbonyl (C=O) groups is 1. The zero-order chi connectivity index (χ0) is 14.7. The molecule has 20 heavy (non-hydrogen) atoms. The van der Waals surface area contributed by atoms with Crippen LogP contribution >= 0.6 is 31.9 Å². The minimum Gasteiger partial charge on any atom is -0.292 e. The molecule has 0 amide bonds. The van der Waals surface area contributed by atoms with Crippen LogP contribution in [0.1, 0.15) is 27.4 Å². The Bertz CT molecular complexity index is 687. The summed E-state index contributed by atoms with van der Waals surface area (Å²) in [5, 5.41) is 9.35. The van der Waals surface area contributed by atoms with E-state index in [4.69, 9.17) is 0 Å². The third-order valence-corrected chi connectivity index (χ3v) is 4.52. The second-order valence-corrected chi connectivity index (χ2v) is 6.16. The van der Waals surface area contributed by atoms with Crippen molar-refractivity contribution in [2.45, 2.75) is 12.8 Å². The number of hydrogen-bond acceptors (Lipinski definition) is 2. The summed E-state index contributed by atoms with van der Waals surface area (Å²) in [4.78, 5) is 12.6. The van der Waals surface area contributed by atoms with Gasteiger partial charge in [0.15, 0.2) is 5.78 Å². The lowest BCUT2D eigenvalue weighted by Gasteiger charge is -2.11. The number of nitriles is 1. The van der Waals surface area contributed by atoms with Gasteiger partial charge in [-0.1, -0.05) is 56.1 Å². The number of Topliss-reactive ketones (excluding diaryl/α,β-unsaturated/α-hetero) is 1. The maximum atomic E-state index is 12.6. The summed E-state index contributed by atoms with van der Waals surface area (Å²) < 4.78 is 1.79. The first-order chi connectivity index (χ1) is 9.54. The summed E-state index contributed by atoms with van der Waals surface area (Å²) in [5.74, 6) is -0.954. The summed E-state index contributed by atoms with van der Waals surface area (Å²) in [6.45, 7) is 1.87. The molecular formula is C16H11Br2NO. The van der Waals surface area contributed by atoms with E-state index >= 15 is 0 Å². The molecule has 0 heterocycles. The number of rotatable bonds is 3. The lowest BCUT2D eigenvalue weighted by molar-refractivity contribution is 0.0978. The Morgan fingerprint density at radius 1 is 1.15 bits per heavy atom. The van der Waals surface area contributed by atoms with Gasteiger partial charge >= 0.3 is 0 Å². The normalized spacial score (nSPS) is 11.7. The molecule has 0 bridgehead atoms. The fraction of sp³-hybridized carbons (Fsp3) is 0.125. The quantitative estimate of drug-likeness (QED) is 0.688. The third-order valence-electron chi connectivity index (χ3n) is 3.13. The second kappa shape index (κ2) is 6.34. The molecule has 0 spiro atoms. The Kier molecular flexibility index (Phi) is 4.74. The smallest absolute Gasteiger partial charge is 0.184 e. The predicted octanol–water partition coefficient (Wildman–Crippen LogP) is 5.01. The zero-order valence-corrected chi connectivity index (χ0v) is 13.9. The molecule has 0 aliphatic heterocycles. The highest BCUT2D eigenvalue weighted by Crippen LogP contribution is 2.26. The van der Waals surface area contributed by atoms with Crippen molar-refractivity contribution in [3.05, 3.63) is 68.1 Å². The molecule has 0 aromatic heterocycles. The van der Waals surface area contributed by atoms with Crippen LogP contribution in [0, 0.1) is 18.3 Å². The van der Waals surface area contributed by atoms with Gasteiger partial charge in [-0.3, -0.25) is 4.79 Å². The van der Waals surface area contributed by atoms with E-state index in [1.54, 1.807) is 24.3 Å². The Morgan fingerprint density at radius 3 is 2.40 bits per heavy atom. The molecule has 2 aromatic rings. The monoisotopic (exact) mass is 391 g/mol. The highest BCUT2D eigenvalue weighted by molar-refractivity contribution is 9.10. The first-order valence-corrected chi connectivity index (χ1v) is 7.57. The van der Waals surface area contributed by atoms with Crippen molar-refractivity contribution >= 4 is 37.6 Å². The first kappa shape index (κ1) is 15.0. The van der Waals surface area contributed by atoms with Gasteiger partial charge in [0.2, 0.25) is 0 Å². The molecule has 1 unspecified atom stereocenters. The standard InChI is InChI=1S/C16H11Br2NO/c1-10-13(3-2-4-15(10)18)16(20)14(9-19)11-5-7-12(17)8-6-11/h2-8,14H,1H3. The van der Waals surface area contributed by atoms with Crippen molar-refractivity contribution < 1.29 is 4.79 Å². The van der Waals surface area contributed by atoms with Gasteiger partial charge in [-0.2, -0.15) is 5.26 Å². The van der Waals surface area contributed by atoms with Gasteiger partial charge in [0.05, 0.1) is 6.07 Å². The molecule has 0 radical (unpaired) electrons. The van der Waals surface area contributed by atoms with E-state index < -0.39 is 5.92 Å². The molecule has 0 saturated carbocycles. The van der Waals surface area contributed by atoms with E-state index in [0.29, 0.717) is 11.1 Å². The largest absolute Gasteiger partial charge is 0.292 e. The van der Waals surface area contributed by atoms with Crippen molar-refractivity contribution in [2.75, 3.05) is 0 Å². The molecule has 0 aliphatic rings. The summed E-state index contributed by atoms with van der Waals surface area (Å²) in [7, 11) is 0. The van der Waals surface area contributed by atoms with Gasteiger partial charge in [-0.05, 0) is 36.2 Å². The molecule has 2 aromatic carbocycles. The van der Waals surface area contributed by atoms with E-state index in [0.717, 1.165) is 14.5 Å². The fourth-order valence-electron chi connectivity index (χ4n) is 1.97. The maximum absolute atomic E-state index is 12.6. The van der Waals surface area contributed by atoms with Crippen LogP contribution in [0.4, 0.5) is 0 Å². The van der Waals surface area contributed by atoms with Gasteiger partial charge in [0.25, 0.3) is 0 Å². The minimum absolute atomic E-state index is 0.173. The number of ketones is 1. The van der Waals surface area contributed by atoms with E-state index in [1.807, 2.05) is 25.1 Å². The molecule has 2 nitrogen and oxygen atoms in total. The minimum atomic E-state index is -0.781. The van der Waals surface area contributed by atoms with E-state index in [2.05, 4.69) is 37.9 Å². The molecule has 0 saturated heterocycles. The van der Waals surface area contributed by atoms with Crippen LogP contribution < -0.4 is 0 Å². The third kappa shape index (κ3) is 3.00. The number of hydrogen-bond donors (Lipinski definition) is 0. The van der Waals surface area contributed by atoms with Gasteiger partial charge in [-0.15, -0.1) is 0 Å². The summed E-state index contributed by atoms with van der Waals surface area (Å²) in [6, 6.07) is 14.8. The topological polar surface area (TPSA) is 40.9 Å². The Balaban J connectivity index is 2.42. The van der Waals surface area contributed by atoms with Crippen LogP contribution in [0.3, 0.4) is 0 Å². The van der Waals surface area contributed by atoms with Crippen LogP contribution in [-0.4, -0.2) is 5.78 Å². The van der Waals surface area contributed by atoms with Crippen LogP contribution in [0.2, 0.25) is 0 Å². The second-order valence-electron chi connectivity index (χ2n) is 4.39. The molecule has 1 atom stereocenters. The summed E-state index contributed by atoms with van der Waals surface area (Å²) >= 11 is 6.76. The summed E-state index contributed by atoms with van der Waals surface area (Å²) in [6.07, 6.45) is 0. The number of benzene rings is 2. The zero-order valence-electron chi connectivity index (χ0n) is 10.7. The number of nitrogens with zero attached hydrogens (tertiary/aromatic N) is 1. The first-order valence-electron chi connectivity index (χ1n) is 5.99. The van der Waals surface area contributed by atoms with E-state index in [9.17, 15) is 10.1 Å². The molecule has 100 valence electrons. The Hall–Kier alpha value is -1.44. The summed E-state index contributed by atoms with van der Waals surface area (Å²) in [5.41, 5.74) is 2.14. The van der Waals surface area contributed by atoms with Crippen molar-refractivity contribution in [1.29, 1.82) is 5.26 Å².